The van der Waals surface area contributed by atoms with E-state index in [9.17, 15) is 9.18 Å². The first kappa shape index (κ1) is 21.9. The van der Waals surface area contributed by atoms with Crippen molar-refractivity contribution in [3.63, 3.8) is 0 Å². The molecule has 3 rings (SSSR count). The topological polar surface area (TPSA) is 56.7 Å². The molecule has 1 saturated carbocycles. The molecule has 0 unspecified atom stereocenters. The maximum Gasteiger partial charge on any atom is 0.220 e. The Morgan fingerprint density at radius 2 is 1.89 bits per heavy atom. The Morgan fingerprint density at radius 3 is 2.41 bits per heavy atom. The van der Waals surface area contributed by atoms with E-state index in [-0.39, 0.29) is 41.1 Å². The molecule has 1 aromatic carbocycles. The summed E-state index contributed by atoms with van der Waals surface area (Å²) in [6, 6.07) is 6.89. The number of benzene rings is 1. The lowest BCUT2D eigenvalue weighted by Crippen LogP contribution is -2.47. The van der Waals surface area contributed by atoms with Crippen LogP contribution in [0.25, 0.3) is 0 Å². The fraction of sp³-hybridized carbons (Fsp3) is 0.600. The average Bonchev–Trinajstić information content (AvgIpc) is 3.45. The van der Waals surface area contributed by atoms with Crippen molar-refractivity contribution in [1.82, 2.24) is 15.5 Å². The average molecular weight is 488 g/mol. The van der Waals surface area contributed by atoms with E-state index in [2.05, 4.69) is 20.5 Å². The molecular weight excluding hydrogens is 458 g/mol. The number of carbonyl (C=O) groups excluding carboxylic acids is 1. The number of rotatable bonds is 5. The van der Waals surface area contributed by atoms with Crippen LogP contribution >= 0.6 is 24.0 Å². The van der Waals surface area contributed by atoms with Crippen LogP contribution in [-0.4, -0.2) is 50.5 Å². The summed E-state index contributed by atoms with van der Waals surface area (Å²) in [5, 5.41) is 6.23. The van der Waals surface area contributed by atoms with Crippen LogP contribution in [0.3, 0.4) is 0 Å². The fourth-order valence-electron chi connectivity index (χ4n) is 3.82. The number of guanidine groups is 1. The summed E-state index contributed by atoms with van der Waals surface area (Å²) in [6.07, 6.45) is 4.88. The largest absolute Gasteiger partial charge is 0.359 e. The van der Waals surface area contributed by atoms with E-state index < -0.39 is 0 Å². The number of amides is 1. The van der Waals surface area contributed by atoms with Gasteiger partial charge in [-0.2, -0.15) is 0 Å². The molecule has 27 heavy (non-hydrogen) atoms. The van der Waals surface area contributed by atoms with Gasteiger partial charge < -0.3 is 15.5 Å². The number of likely N-dealkylation sites (tertiary alicyclic amines) is 1. The highest BCUT2D eigenvalue weighted by molar-refractivity contribution is 14.0. The molecule has 2 aliphatic rings. The number of aliphatic imine (C=N–C) groups is 1. The smallest absolute Gasteiger partial charge is 0.220 e. The standard InChI is InChI=1S/C20H29FN4O.HI/c1-22-18(26)13-15-7-11-25(12-8-15)19(23-2)24-14-20(9-10-20)16-3-5-17(21)6-4-16;/h3-6,15H,7-14H2,1-2H3,(H,22,26)(H,23,24);1H. The van der Waals surface area contributed by atoms with Crippen LogP contribution in [0.15, 0.2) is 29.3 Å². The third-order valence-corrected chi connectivity index (χ3v) is 5.77. The van der Waals surface area contributed by atoms with E-state index in [1.807, 2.05) is 19.2 Å². The van der Waals surface area contributed by atoms with Crippen molar-refractivity contribution < 1.29 is 9.18 Å². The van der Waals surface area contributed by atoms with Gasteiger partial charge in [0.25, 0.3) is 0 Å². The SMILES string of the molecule is CN=C(NCC1(c2ccc(F)cc2)CC1)N1CCC(CC(=O)NC)CC1.I. The summed E-state index contributed by atoms with van der Waals surface area (Å²) in [6.45, 7) is 2.67. The highest BCUT2D eigenvalue weighted by atomic mass is 127. The van der Waals surface area contributed by atoms with Crippen LogP contribution in [-0.2, 0) is 10.2 Å². The maximum absolute atomic E-state index is 13.2. The Balaban J connectivity index is 0.00000261. The minimum absolute atomic E-state index is 0. The molecule has 2 fully saturated rings. The van der Waals surface area contributed by atoms with Crippen LogP contribution < -0.4 is 10.6 Å². The lowest BCUT2D eigenvalue weighted by Gasteiger charge is -2.34. The highest BCUT2D eigenvalue weighted by Gasteiger charge is 2.44. The van der Waals surface area contributed by atoms with Gasteiger partial charge in [0.1, 0.15) is 5.82 Å². The summed E-state index contributed by atoms with van der Waals surface area (Å²) in [7, 11) is 3.51. The number of carbonyl (C=O) groups is 1. The van der Waals surface area contributed by atoms with Crippen LogP contribution in [0.4, 0.5) is 4.39 Å². The second kappa shape index (κ2) is 9.71. The predicted octanol–water partition coefficient (Wildman–Crippen LogP) is 2.90. The van der Waals surface area contributed by atoms with E-state index in [0.29, 0.717) is 12.3 Å². The summed E-state index contributed by atoms with van der Waals surface area (Å²) >= 11 is 0. The molecule has 1 aliphatic carbocycles. The summed E-state index contributed by atoms with van der Waals surface area (Å²) in [5.41, 5.74) is 1.31. The van der Waals surface area contributed by atoms with Gasteiger partial charge >= 0.3 is 0 Å². The Hall–Kier alpha value is -1.38. The van der Waals surface area contributed by atoms with E-state index in [1.165, 1.54) is 5.56 Å². The highest BCUT2D eigenvalue weighted by Crippen LogP contribution is 2.47. The summed E-state index contributed by atoms with van der Waals surface area (Å²) in [4.78, 5) is 18.3. The van der Waals surface area contributed by atoms with E-state index >= 15 is 0 Å². The van der Waals surface area contributed by atoms with Crippen LogP contribution in [0, 0.1) is 11.7 Å². The number of hydrogen-bond donors (Lipinski definition) is 2. The molecule has 1 aromatic rings. The number of hydrogen-bond acceptors (Lipinski definition) is 2. The Morgan fingerprint density at radius 1 is 1.26 bits per heavy atom. The Kier molecular flexibility index (Phi) is 7.88. The van der Waals surface area contributed by atoms with Gasteiger partial charge in [-0.05, 0) is 49.3 Å². The normalized spacial score (nSPS) is 19.2. The van der Waals surface area contributed by atoms with Crippen LogP contribution in [0.1, 0.15) is 37.7 Å². The molecule has 0 bridgehead atoms. The monoisotopic (exact) mass is 488 g/mol. The van der Waals surface area contributed by atoms with Gasteiger partial charge in [0.05, 0.1) is 0 Å². The van der Waals surface area contributed by atoms with Crippen molar-refractivity contribution >= 4 is 35.8 Å². The van der Waals surface area contributed by atoms with Crippen molar-refractivity contribution in [3.8, 4) is 0 Å². The predicted molar refractivity (Wildman–Crippen MR) is 117 cm³/mol. The van der Waals surface area contributed by atoms with E-state index in [0.717, 1.165) is 51.3 Å². The zero-order valence-electron chi connectivity index (χ0n) is 16.1. The molecule has 0 radical (unpaired) electrons. The number of halogens is 2. The molecule has 1 amide bonds. The van der Waals surface area contributed by atoms with Crippen LogP contribution in [0.2, 0.25) is 0 Å². The molecular formula is C20H30FIN4O. The van der Waals surface area contributed by atoms with Crippen molar-refractivity contribution in [3.05, 3.63) is 35.6 Å². The summed E-state index contributed by atoms with van der Waals surface area (Å²) in [5.74, 6) is 1.32. The Bertz CT molecular complexity index is 652. The number of nitrogens with one attached hydrogen (secondary N) is 2. The third-order valence-electron chi connectivity index (χ3n) is 5.77. The van der Waals surface area contributed by atoms with E-state index in [1.54, 1.807) is 19.2 Å². The number of piperidine rings is 1. The molecule has 0 aromatic heterocycles. The van der Waals surface area contributed by atoms with E-state index in [4.69, 9.17) is 0 Å². The van der Waals surface area contributed by atoms with Crippen molar-refractivity contribution in [2.24, 2.45) is 10.9 Å². The molecule has 0 spiro atoms. The maximum atomic E-state index is 13.2. The molecule has 5 nitrogen and oxygen atoms in total. The zero-order chi connectivity index (χ0) is 18.6. The Labute approximate surface area is 178 Å². The first-order chi connectivity index (χ1) is 12.6. The van der Waals surface area contributed by atoms with Gasteiger partial charge in [0, 0.05) is 45.6 Å². The first-order valence-electron chi connectivity index (χ1n) is 9.48. The van der Waals surface area contributed by atoms with Crippen molar-refractivity contribution in [2.75, 3.05) is 33.7 Å². The third kappa shape index (κ3) is 5.56. The molecule has 1 aliphatic heterocycles. The molecule has 2 N–H and O–H groups in total. The van der Waals surface area contributed by atoms with Gasteiger partial charge in [0.15, 0.2) is 5.96 Å². The second-order valence-electron chi connectivity index (χ2n) is 7.50. The molecule has 7 heteroatoms. The number of nitrogens with zero attached hydrogens (tertiary/aromatic N) is 2. The van der Waals surface area contributed by atoms with Crippen LogP contribution in [0.5, 0.6) is 0 Å². The van der Waals surface area contributed by atoms with Gasteiger partial charge in [-0.3, -0.25) is 9.79 Å². The molecule has 1 heterocycles. The van der Waals surface area contributed by atoms with Crippen molar-refractivity contribution in [1.29, 1.82) is 0 Å². The van der Waals surface area contributed by atoms with Crippen molar-refractivity contribution in [2.45, 2.75) is 37.5 Å². The fourth-order valence-corrected chi connectivity index (χ4v) is 3.82. The minimum Gasteiger partial charge on any atom is -0.359 e. The van der Waals surface area contributed by atoms with Gasteiger partial charge in [-0.1, -0.05) is 12.1 Å². The van der Waals surface area contributed by atoms with Gasteiger partial charge in [0.2, 0.25) is 5.91 Å². The quantitative estimate of drug-likeness (QED) is 0.381. The van der Waals surface area contributed by atoms with Gasteiger partial charge in [-0.25, -0.2) is 4.39 Å². The summed E-state index contributed by atoms with van der Waals surface area (Å²) < 4.78 is 13.2. The lowest BCUT2D eigenvalue weighted by atomic mass is 9.93. The first-order valence-corrected chi connectivity index (χ1v) is 9.48. The minimum atomic E-state index is -0.187. The zero-order valence-corrected chi connectivity index (χ0v) is 18.5. The molecule has 0 atom stereocenters. The molecule has 150 valence electrons. The molecule has 1 saturated heterocycles. The second-order valence-corrected chi connectivity index (χ2v) is 7.50. The lowest BCUT2D eigenvalue weighted by molar-refractivity contribution is -0.121. The van der Waals surface area contributed by atoms with Gasteiger partial charge in [-0.15, -0.1) is 24.0 Å².